The number of nitrogen functional groups attached to an aromatic ring is 2. The van der Waals surface area contributed by atoms with E-state index in [1.165, 1.54) is 32.0 Å². The van der Waals surface area contributed by atoms with E-state index in [9.17, 15) is 0 Å². The van der Waals surface area contributed by atoms with Gasteiger partial charge >= 0.3 is 0 Å². The lowest BCUT2D eigenvalue weighted by Crippen LogP contribution is -1.86. The highest BCUT2D eigenvalue weighted by Crippen LogP contribution is 2.45. The summed E-state index contributed by atoms with van der Waals surface area (Å²) in [6, 6.07) is 33.0. The summed E-state index contributed by atoms with van der Waals surface area (Å²) in [5.74, 6) is 0. The predicted octanol–water partition coefficient (Wildman–Crippen LogP) is 6.98. The number of nitrogens with two attached hydrogens (primary N) is 2. The maximum absolute atomic E-state index is 5.84. The zero-order valence-corrected chi connectivity index (χ0v) is 16.8. The quantitative estimate of drug-likeness (QED) is 0.280. The Hall–Kier alpha value is -2.82. The van der Waals surface area contributed by atoms with Gasteiger partial charge in [-0.25, -0.2) is 0 Å². The number of benzene rings is 4. The van der Waals surface area contributed by atoms with Crippen LogP contribution in [0.1, 0.15) is 0 Å². The van der Waals surface area contributed by atoms with Crippen molar-refractivity contribution in [1.29, 1.82) is 0 Å². The smallest absolute Gasteiger partial charge is 0.0314 e. The lowest BCUT2D eigenvalue weighted by Gasteiger charge is -2.12. The minimum atomic E-state index is 0.778. The largest absolute Gasteiger partial charge is 0.399 e. The Morgan fingerprint density at radius 1 is 0.429 bits per heavy atom. The fraction of sp³-hybridized carbons (Fsp3) is 0. The minimum Gasteiger partial charge on any atom is -0.399 e. The molecule has 2 nitrogen and oxygen atoms in total. The van der Waals surface area contributed by atoms with Gasteiger partial charge in [-0.15, -0.1) is 0 Å². The van der Waals surface area contributed by atoms with Gasteiger partial charge in [0, 0.05) is 21.2 Å². The van der Waals surface area contributed by atoms with Gasteiger partial charge in [0.2, 0.25) is 0 Å². The van der Waals surface area contributed by atoms with Gasteiger partial charge in [0.25, 0.3) is 0 Å². The molecule has 0 amide bonds. The molecule has 28 heavy (non-hydrogen) atoms. The van der Waals surface area contributed by atoms with Crippen LogP contribution in [0.3, 0.4) is 0 Å². The fourth-order valence-corrected chi connectivity index (χ4v) is 5.38. The highest BCUT2D eigenvalue weighted by Gasteiger charge is 2.09. The van der Waals surface area contributed by atoms with Gasteiger partial charge < -0.3 is 11.5 Å². The Morgan fingerprint density at radius 2 is 0.786 bits per heavy atom. The Morgan fingerprint density at radius 3 is 1.18 bits per heavy atom. The van der Waals surface area contributed by atoms with Crippen molar-refractivity contribution in [2.75, 3.05) is 11.5 Å². The summed E-state index contributed by atoms with van der Waals surface area (Å²) in [5.41, 5.74) is 18.0. The highest BCUT2D eigenvalue weighted by atomic mass is 33.1. The standard InChI is InChI=1S/C24H20N2S2/c25-19-13-9-17(10-14-19)21-5-1-3-7-23(21)27-28-24-8-4-2-6-22(24)18-11-15-20(26)16-12-18/h1-16H,25-26H2. The number of hydrogen-bond donors (Lipinski definition) is 2. The van der Waals surface area contributed by atoms with Gasteiger partial charge in [0.15, 0.2) is 0 Å². The summed E-state index contributed by atoms with van der Waals surface area (Å²) in [6.45, 7) is 0. The van der Waals surface area contributed by atoms with Crippen LogP contribution in [0.15, 0.2) is 107 Å². The molecule has 0 bridgehead atoms. The van der Waals surface area contributed by atoms with Crippen LogP contribution in [0.5, 0.6) is 0 Å². The van der Waals surface area contributed by atoms with E-state index >= 15 is 0 Å². The lowest BCUT2D eigenvalue weighted by molar-refractivity contribution is 1.45. The Kier molecular flexibility index (Phi) is 5.60. The number of hydrogen-bond acceptors (Lipinski definition) is 4. The maximum atomic E-state index is 5.84. The first kappa shape index (κ1) is 18.5. The zero-order chi connectivity index (χ0) is 19.3. The zero-order valence-electron chi connectivity index (χ0n) is 15.2. The molecule has 0 aliphatic heterocycles. The molecule has 0 saturated heterocycles. The van der Waals surface area contributed by atoms with E-state index in [4.69, 9.17) is 11.5 Å². The van der Waals surface area contributed by atoms with Crippen molar-refractivity contribution >= 4 is 33.0 Å². The van der Waals surface area contributed by atoms with Crippen molar-refractivity contribution < 1.29 is 0 Å². The van der Waals surface area contributed by atoms with Crippen molar-refractivity contribution in [1.82, 2.24) is 0 Å². The van der Waals surface area contributed by atoms with E-state index in [2.05, 4.69) is 72.8 Å². The van der Waals surface area contributed by atoms with Crippen LogP contribution in [-0.4, -0.2) is 0 Å². The molecular weight excluding hydrogens is 380 g/mol. The molecule has 4 heteroatoms. The Labute approximate surface area is 173 Å². The topological polar surface area (TPSA) is 52.0 Å². The molecule has 4 N–H and O–H groups in total. The summed E-state index contributed by atoms with van der Waals surface area (Å²) < 4.78 is 0. The summed E-state index contributed by atoms with van der Waals surface area (Å²) in [5, 5.41) is 0. The van der Waals surface area contributed by atoms with Crippen molar-refractivity contribution in [3.8, 4) is 22.3 Å². The third-order valence-electron chi connectivity index (χ3n) is 4.44. The van der Waals surface area contributed by atoms with Gasteiger partial charge in [0.1, 0.15) is 0 Å². The third kappa shape index (κ3) is 4.19. The molecule has 0 atom stereocenters. The maximum Gasteiger partial charge on any atom is 0.0314 e. The minimum absolute atomic E-state index is 0.778. The summed E-state index contributed by atoms with van der Waals surface area (Å²) in [6.07, 6.45) is 0. The predicted molar refractivity (Wildman–Crippen MR) is 124 cm³/mol. The van der Waals surface area contributed by atoms with Crippen LogP contribution in [0, 0.1) is 0 Å². The molecule has 0 aromatic heterocycles. The van der Waals surface area contributed by atoms with Crippen LogP contribution in [0.2, 0.25) is 0 Å². The van der Waals surface area contributed by atoms with Crippen molar-refractivity contribution in [2.45, 2.75) is 9.79 Å². The van der Waals surface area contributed by atoms with Crippen LogP contribution in [0.25, 0.3) is 22.3 Å². The normalized spacial score (nSPS) is 10.7. The molecule has 4 aromatic carbocycles. The van der Waals surface area contributed by atoms with Gasteiger partial charge in [-0.1, -0.05) is 82.3 Å². The molecule has 0 heterocycles. The molecule has 0 unspecified atom stereocenters. The summed E-state index contributed by atoms with van der Waals surface area (Å²) in [4.78, 5) is 2.45. The molecule has 0 aliphatic carbocycles. The molecule has 138 valence electrons. The van der Waals surface area contributed by atoms with Gasteiger partial charge in [-0.3, -0.25) is 0 Å². The van der Waals surface area contributed by atoms with E-state index < -0.39 is 0 Å². The van der Waals surface area contributed by atoms with Crippen LogP contribution < -0.4 is 11.5 Å². The van der Waals surface area contributed by atoms with E-state index in [0.29, 0.717) is 0 Å². The summed E-state index contributed by atoms with van der Waals surface area (Å²) in [7, 11) is 3.54. The Balaban J connectivity index is 1.61. The second-order valence-corrected chi connectivity index (χ2v) is 8.62. The Bertz CT molecular complexity index is 985. The van der Waals surface area contributed by atoms with E-state index in [1.54, 1.807) is 21.6 Å². The molecule has 0 aliphatic rings. The average Bonchev–Trinajstić information content (AvgIpc) is 2.74. The second-order valence-electron chi connectivity index (χ2n) is 6.40. The molecule has 0 fully saturated rings. The number of anilines is 2. The van der Waals surface area contributed by atoms with Crippen LogP contribution in [-0.2, 0) is 0 Å². The van der Waals surface area contributed by atoms with Gasteiger partial charge in [-0.2, -0.15) is 0 Å². The van der Waals surface area contributed by atoms with E-state index in [0.717, 1.165) is 11.4 Å². The van der Waals surface area contributed by atoms with Crippen LogP contribution in [0.4, 0.5) is 11.4 Å². The third-order valence-corrected chi connectivity index (χ3v) is 6.92. The molecule has 4 aromatic rings. The van der Waals surface area contributed by atoms with Gasteiger partial charge in [-0.05, 0) is 58.7 Å². The van der Waals surface area contributed by atoms with Crippen LogP contribution >= 0.6 is 21.6 Å². The summed E-state index contributed by atoms with van der Waals surface area (Å²) >= 11 is 0. The first-order valence-electron chi connectivity index (χ1n) is 8.95. The monoisotopic (exact) mass is 400 g/mol. The SMILES string of the molecule is Nc1ccc(-c2ccccc2SSc2ccccc2-c2ccc(N)cc2)cc1. The molecule has 0 saturated carbocycles. The fourth-order valence-electron chi connectivity index (χ4n) is 2.97. The second kappa shape index (κ2) is 8.46. The van der Waals surface area contributed by atoms with Crippen molar-refractivity contribution in [3.05, 3.63) is 97.1 Å². The van der Waals surface area contributed by atoms with E-state index in [-0.39, 0.29) is 0 Å². The molecule has 4 rings (SSSR count). The molecule has 0 radical (unpaired) electrons. The first-order valence-corrected chi connectivity index (χ1v) is 11.1. The van der Waals surface area contributed by atoms with Crippen molar-refractivity contribution in [3.63, 3.8) is 0 Å². The van der Waals surface area contributed by atoms with Crippen molar-refractivity contribution in [2.24, 2.45) is 0 Å². The molecular formula is C24H20N2S2. The van der Waals surface area contributed by atoms with E-state index in [1.807, 2.05) is 24.3 Å². The number of rotatable bonds is 5. The van der Waals surface area contributed by atoms with Gasteiger partial charge in [0.05, 0.1) is 0 Å². The highest BCUT2D eigenvalue weighted by molar-refractivity contribution is 8.76. The lowest BCUT2D eigenvalue weighted by atomic mass is 10.1. The molecule has 0 spiro atoms. The first-order chi connectivity index (χ1) is 13.7. The average molecular weight is 401 g/mol.